The van der Waals surface area contributed by atoms with Crippen LogP contribution in [0.1, 0.15) is 11.6 Å². The molecular weight excluding hydrogens is 415 g/mol. The van der Waals surface area contributed by atoms with Crippen LogP contribution in [0.15, 0.2) is 64.6 Å². The van der Waals surface area contributed by atoms with Crippen molar-refractivity contribution in [1.82, 2.24) is 9.21 Å². The zero-order valence-corrected chi connectivity index (χ0v) is 16.7. The van der Waals surface area contributed by atoms with Crippen LogP contribution in [-0.2, 0) is 4.79 Å². The van der Waals surface area contributed by atoms with E-state index in [1.807, 2.05) is 0 Å². The standard InChI is InChI=1S/C21H20F3N3O2S/c22-16-3-1-13(2-4-16)19(25)20(28)26-9-14(10-26)15-11-27(12-15)30-18-7-5-17(6-8-18)29-21(23)24/h1-8,19,21H,9-12,25H2. The third-order valence-corrected chi connectivity index (χ3v) is 6.09. The number of hydrogen-bond donors (Lipinski definition) is 1. The summed E-state index contributed by atoms with van der Waals surface area (Å²) in [5, 5.41) is 0. The number of carbonyl (C=O) groups excluding carboxylic acids is 1. The SMILES string of the molecule is NC(C(=O)N1CC(=C2CN(Sc3ccc(OC(F)F)cc3)C2)C1)c1ccc(F)cc1. The lowest BCUT2D eigenvalue weighted by atomic mass is 9.95. The van der Waals surface area contributed by atoms with Crippen LogP contribution in [0.3, 0.4) is 0 Å². The molecule has 0 bridgehead atoms. The van der Waals surface area contributed by atoms with E-state index < -0.39 is 12.7 Å². The van der Waals surface area contributed by atoms with Gasteiger partial charge in [-0.25, -0.2) is 8.70 Å². The van der Waals surface area contributed by atoms with Crippen molar-refractivity contribution in [2.75, 3.05) is 26.2 Å². The number of ether oxygens (including phenoxy) is 1. The van der Waals surface area contributed by atoms with Gasteiger partial charge in [-0.05, 0) is 65.1 Å². The van der Waals surface area contributed by atoms with Gasteiger partial charge in [0.25, 0.3) is 0 Å². The van der Waals surface area contributed by atoms with Crippen LogP contribution in [0.5, 0.6) is 5.75 Å². The Morgan fingerprint density at radius 3 is 2.17 bits per heavy atom. The molecule has 2 aromatic carbocycles. The molecule has 5 nitrogen and oxygen atoms in total. The number of benzene rings is 2. The van der Waals surface area contributed by atoms with Crippen LogP contribution in [-0.4, -0.2) is 47.9 Å². The minimum Gasteiger partial charge on any atom is -0.435 e. The van der Waals surface area contributed by atoms with Crippen LogP contribution in [0.4, 0.5) is 13.2 Å². The molecule has 0 spiro atoms. The maximum absolute atomic E-state index is 13.0. The number of alkyl halides is 2. The first-order chi connectivity index (χ1) is 14.4. The molecule has 2 aliphatic rings. The van der Waals surface area contributed by atoms with Gasteiger partial charge < -0.3 is 15.4 Å². The Morgan fingerprint density at radius 2 is 1.57 bits per heavy atom. The van der Waals surface area contributed by atoms with Crippen molar-refractivity contribution < 1.29 is 22.7 Å². The zero-order valence-electron chi connectivity index (χ0n) is 15.9. The molecule has 2 heterocycles. The van der Waals surface area contributed by atoms with Gasteiger partial charge in [0.05, 0.1) is 0 Å². The summed E-state index contributed by atoms with van der Waals surface area (Å²) in [5.74, 6) is -0.388. The lowest BCUT2D eigenvalue weighted by Gasteiger charge is -2.42. The van der Waals surface area contributed by atoms with E-state index in [2.05, 4.69) is 9.04 Å². The van der Waals surface area contributed by atoms with Crippen LogP contribution < -0.4 is 10.5 Å². The summed E-state index contributed by atoms with van der Waals surface area (Å²) in [7, 11) is 0. The van der Waals surface area contributed by atoms with Gasteiger partial charge in [-0.2, -0.15) is 8.78 Å². The molecule has 9 heteroatoms. The summed E-state index contributed by atoms with van der Waals surface area (Å²) in [5.41, 5.74) is 9.16. The lowest BCUT2D eigenvalue weighted by molar-refractivity contribution is -0.134. The number of amides is 1. The Kier molecular flexibility index (Phi) is 6.03. The van der Waals surface area contributed by atoms with E-state index in [1.54, 1.807) is 29.0 Å². The highest BCUT2D eigenvalue weighted by atomic mass is 32.2. The molecule has 1 amide bonds. The normalized spacial score (nSPS) is 17.6. The molecule has 4 rings (SSSR count). The fourth-order valence-corrected chi connectivity index (χ4v) is 4.30. The second-order valence-corrected chi connectivity index (χ2v) is 8.34. The summed E-state index contributed by atoms with van der Waals surface area (Å²) in [4.78, 5) is 15.1. The van der Waals surface area contributed by atoms with Crippen molar-refractivity contribution in [3.8, 4) is 5.75 Å². The van der Waals surface area contributed by atoms with Crippen LogP contribution in [0.2, 0.25) is 0 Å². The number of nitrogens with zero attached hydrogens (tertiary/aromatic N) is 2. The van der Waals surface area contributed by atoms with E-state index in [9.17, 15) is 18.0 Å². The maximum atomic E-state index is 13.0. The molecule has 1 unspecified atom stereocenters. The average molecular weight is 435 g/mol. The van der Waals surface area contributed by atoms with Crippen LogP contribution >= 0.6 is 11.9 Å². The van der Waals surface area contributed by atoms with Gasteiger partial charge in [0.2, 0.25) is 5.91 Å². The van der Waals surface area contributed by atoms with Crippen molar-refractivity contribution >= 4 is 17.9 Å². The first kappa shape index (κ1) is 20.8. The summed E-state index contributed by atoms with van der Waals surface area (Å²) in [6, 6.07) is 11.4. The molecule has 2 saturated heterocycles. The van der Waals surface area contributed by atoms with E-state index >= 15 is 0 Å². The number of halogens is 3. The van der Waals surface area contributed by atoms with Crippen LogP contribution in [0.25, 0.3) is 0 Å². The molecule has 2 aromatic rings. The van der Waals surface area contributed by atoms with E-state index in [4.69, 9.17) is 5.73 Å². The van der Waals surface area contributed by atoms with Gasteiger partial charge in [-0.1, -0.05) is 12.1 Å². The molecular formula is C21H20F3N3O2S. The Hall–Kier alpha value is -2.49. The first-order valence-electron chi connectivity index (χ1n) is 9.36. The summed E-state index contributed by atoms with van der Waals surface area (Å²) in [6.07, 6.45) is 0. The van der Waals surface area contributed by atoms with Gasteiger partial charge in [0.15, 0.2) is 0 Å². The Bertz CT molecular complexity index is 935. The number of hydrogen-bond acceptors (Lipinski definition) is 5. The quantitative estimate of drug-likeness (QED) is 0.555. The van der Waals surface area contributed by atoms with Gasteiger partial charge in [0, 0.05) is 31.1 Å². The van der Waals surface area contributed by atoms with Gasteiger partial charge in [0.1, 0.15) is 17.6 Å². The molecule has 30 heavy (non-hydrogen) atoms. The zero-order chi connectivity index (χ0) is 21.3. The van der Waals surface area contributed by atoms with Crippen molar-refractivity contribution in [2.24, 2.45) is 5.73 Å². The van der Waals surface area contributed by atoms with E-state index in [0.29, 0.717) is 18.7 Å². The number of nitrogens with two attached hydrogens (primary N) is 1. The molecule has 1 atom stereocenters. The van der Waals surface area contributed by atoms with Gasteiger partial charge in [-0.15, -0.1) is 0 Å². The predicted octanol–water partition coefficient (Wildman–Crippen LogP) is 3.59. The molecule has 2 N–H and O–H groups in total. The monoisotopic (exact) mass is 435 g/mol. The summed E-state index contributed by atoms with van der Waals surface area (Å²) in [6.45, 7) is -0.0993. The Morgan fingerprint density at radius 1 is 0.967 bits per heavy atom. The fourth-order valence-electron chi connectivity index (χ4n) is 3.30. The van der Waals surface area contributed by atoms with Crippen molar-refractivity contribution in [2.45, 2.75) is 17.5 Å². The second-order valence-electron chi connectivity index (χ2n) is 7.17. The number of carbonyl (C=O) groups is 1. The minimum atomic E-state index is -2.83. The first-order valence-corrected chi connectivity index (χ1v) is 10.1. The fraction of sp³-hybridized carbons (Fsp3) is 0.286. The van der Waals surface area contributed by atoms with Crippen molar-refractivity contribution in [1.29, 1.82) is 0 Å². The third kappa shape index (κ3) is 4.63. The average Bonchev–Trinajstić information content (AvgIpc) is 2.65. The van der Waals surface area contributed by atoms with Gasteiger partial charge in [-0.3, -0.25) is 4.79 Å². The topological polar surface area (TPSA) is 58.8 Å². The van der Waals surface area contributed by atoms with E-state index in [-0.39, 0.29) is 17.5 Å². The van der Waals surface area contributed by atoms with Crippen molar-refractivity contribution in [3.05, 3.63) is 71.1 Å². The number of rotatable bonds is 6. The lowest BCUT2D eigenvalue weighted by Crippen LogP contribution is -2.51. The summed E-state index contributed by atoms with van der Waals surface area (Å²) >= 11 is 1.55. The predicted molar refractivity (Wildman–Crippen MR) is 107 cm³/mol. The molecule has 0 saturated carbocycles. The largest absolute Gasteiger partial charge is 0.435 e. The highest BCUT2D eigenvalue weighted by molar-refractivity contribution is 7.97. The molecule has 0 aliphatic carbocycles. The molecule has 2 fully saturated rings. The highest BCUT2D eigenvalue weighted by Gasteiger charge is 2.34. The maximum Gasteiger partial charge on any atom is 0.387 e. The van der Waals surface area contributed by atoms with E-state index in [1.165, 1.54) is 47.5 Å². The molecule has 158 valence electrons. The number of likely N-dealkylation sites (tertiary alicyclic amines) is 1. The van der Waals surface area contributed by atoms with E-state index in [0.717, 1.165) is 18.0 Å². The molecule has 2 aliphatic heterocycles. The van der Waals surface area contributed by atoms with Crippen LogP contribution in [0, 0.1) is 5.82 Å². The minimum absolute atomic E-state index is 0.138. The third-order valence-electron chi connectivity index (χ3n) is 5.09. The Balaban J connectivity index is 1.24. The Labute approximate surface area is 176 Å². The van der Waals surface area contributed by atoms with Crippen molar-refractivity contribution in [3.63, 3.8) is 0 Å². The molecule has 0 radical (unpaired) electrons. The smallest absolute Gasteiger partial charge is 0.387 e. The highest BCUT2D eigenvalue weighted by Crippen LogP contribution is 2.34. The summed E-state index contributed by atoms with van der Waals surface area (Å²) < 4.78 is 43.9. The second kappa shape index (κ2) is 8.71. The molecule has 0 aromatic heterocycles. The van der Waals surface area contributed by atoms with Gasteiger partial charge >= 0.3 is 6.61 Å².